The number of hydrogen-bond donors (Lipinski definition) is 1. The third-order valence-electron chi connectivity index (χ3n) is 2.82. The molecule has 94 valence electrons. The van der Waals surface area contributed by atoms with Gasteiger partial charge in [0.25, 0.3) is 0 Å². The minimum absolute atomic E-state index is 0.228. The number of carbonyl (C=O) groups is 1. The highest BCUT2D eigenvalue weighted by Crippen LogP contribution is 2.23. The Morgan fingerprint density at radius 2 is 2.28 bits per heavy atom. The van der Waals surface area contributed by atoms with Crippen LogP contribution in [-0.4, -0.2) is 24.0 Å². The third-order valence-corrected chi connectivity index (χ3v) is 2.82. The number of nitrogens with zero attached hydrogens (tertiary/aromatic N) is 2. The molecule has 0 aromatic heterocycles. The minimum atomic E-state index is -0.678. The number of amides is 2. The van der Waals surface area contributed by atoms with Gasteiger partial charge in [-0.1, -0.05) is 6.07 Å². The summed E-state index contributed by atoms with van der Waals surface area (Å²) in [5, 5.41) is 11.1. The standard InChI is InChI=1S/C12H11F2N3O/c13-8-2-3-9(10(14)6-8)11-7-17(5-1-4-15)12(18)16-11/h2-3,6,11H,1,5,7H2,(H,16,18). The Morgan fingerprint density at radius 1 is 1.50 bits per heavy atom. The van der Waals surface area contributed by atoms with E-state index >= 15 is 0 Å². The molecule has 2 amide bonds. The molecule has 1 aliphatic heterocycles. The van der Waals surface area contributed by atoms with E-state index in [-0.39, 0.29) is 24.6 Å². The lowest BCUT2D eigenvalue weighted by Gasteiger charge is -2.13. The zero-order valence-corrected chi connectivity index (χ0v) is 9.49. The van der Waals surface area contributed by atoms with Gasteiger partial charge in [0.05, 0.1) is 18.5 Å². The first kappa shape index (κ1) is 12.3. The molecule has 0 spiro atoms. The molecule has 1 aromatic carbocycles. The Kier molecular flexibility index (Phi) is 3.42. The summed E-state index contributed by atoms with van der Waals surface area (Å²) in [6.07, 6.45) is 0.228. The number of urea groups is 1. The molecule has 6 heteroatoms. The van der Waals surface area contributed by atoms with E-state index in [2.05, 4.69) is 5.32 Å². The van der Waals surface area contributed by atoms with Crippen LogP contribution in [0.15, 0.2) is 18.2 Å². The smallest absolute Gasteiger partial charge is 0.318 e. The highest BCUT2D eigenvalue weighted by Gasteiger charge is 2.30. The Morgan fingerprint density at radius 3 is 2.94 bits per heavy atom. The molecule has 0 saturated carbocycles. The van der Waals surface area contributed by atoms with Crippen molar-refractivity contribution in [2.75, 3.05) is 13.1 Å². The van der Waals surface area contributed by atoms with Gasteiger partial charge >= 0.3 is 6.03 Å². The van der Waals surface area contributed by atoms with Crippen molar-refractivity contribution in [3.8, 4) is 6.07 Å². The first-order valence-corrected chi connectivity index (χ1v) is 5.49. The lowest BCUT2D eigenvalue weighted by Crippen LogP contribution is -2.28. The molecule has 1 fully saturated rings. The topological polar surface area (TPSA) is 56.1 Å². The number of nitriles is 1. The SMILES string of the molecule is N#CCCN1CC(c2ccc(F)cc2F)NC1=O. The number of nitrogens with one attached hydrogen (secondary N) is 1. The van der Waals surface area contributed by atoms with Gasteiger partial charge in [-0.15, -0.1) is 0 Å². The summed E-state index contributed by atoms with van der Waals surface area (Å²) in [5.41, 5.74) is 0.254. The molecule has 1 atom stereocenters. The van der Waals surface area contributed by atoms with Crippen LogP contribution in [0, 0.1) is 23.0 Å². The van der Waals surface area contributed by atoms with Gasteiger partial charge in [0.1, 0.15) is 11.6 Å². The van der Waals surface area contributed by atoms with E-state index in [0.717, 1.165) is 12.1 Å². The van der Waals surface area contributed by atoms with Gasteiger partial charge in [0, 0.05) is 24.7 Å². The van der Waals surface area contributed by atoms with Gasteiger partial charge in [0.2, 0.25) is 0 Å². The molecule has 0 aliphatic carbocycles. The Balaban J connectivity index is 2.12. The second kappa shape index (κ2) is 5.00. The second-order valence-electron chi connectivity index (χ2n) is 4.02. The van der Waals surface area contributed by atoms with E-state index in [9.17, 15) is 13.6 Å². The van der Waals surface area contributed by atoms with Crippen LogP contribution in [0.5, 0.6) is 0 Å². The summed E-state index contributed by atoms with van der Waals surface area (Å²) in [6.45, 7) is 0.588. The van der Waals surface area contributed by atoms with Gasteiger partial charge in [-0.3, -0.25) is 0 Å². The molecule has 0 bridgehead atoms. The van der Waals surface area contributed by atoms with Crippen molar-refractivity contribution in [3.05, 3.63) is 35.4 Å². The maximum atomic E-state index is 13.5. The molecule has 4 nitrogen and oxygen atoms in total. The van der Waals surface area contributed by atoms with Gasteiger partial charge in [-0.05, 0) is 6.07 Å². The molecular formula is C12H11F2N3O. The molecule has 18 heavy (non-hydrogen) atoms. The number of halogens is 2. The normalized spacial score (nSPS) is 18.6. The molecule has 1 unspecified atom stereocenters. The van der Waals surface area contributed by atoms with E-state index < -0.39 is 17.7 Å². The lowest BCUT2D eigenvalue weighted by atomic mass is 10.1. The zero-order valence-electron chi connectivity index (χ0n) is 9.49. The summed E-state index contributed by atoms with van der Waals surface area (Å²) in [6, 6.07) is 4.38. The highest BCUT2D eigenvalue weighted by molar-refractivity contribution is 5.77. The van der Waals surface area contributed by atoms with Crippen molar-refractivity contribution in [1.29, 1.82) is 5.26 Å². The molecule has 0 radical (unpaired) electrons. The van der Waals surface area contributed by atoms with E-state index in [1.807, 2.05) is 6.07 Å². The van der Waals surface area contributed by atoms with Crippen LogP contribution in [-0.2, 0) is 0 Å². The number of carbonyl (C=O) groups excluding carboxylic acids is 1. The molecular weight excluding hydrogens is 240 g/mol. The van der Waals surface area contributed by atoms with E-state index in [4.69, 9.17) is 5.26 Å². The maximum absolute atomic E-state index is 13.5. The van der Waals surface area contributed by atoms with Gasteiger partial charge in [-0.25, -0.2) is 13.6 Å². The summed E-state index contributed by atoms with van der Waals surface area (Å²) >= 11 is 0. The molecule has 1 aliphatic rings. The van der Waals surface area contributed by atoms with Crippen LogP contribution in [0.2, 0.25) is 0 Å². The summed E-state index contributed by atoms with van der Waals surface area (Å²) in [4.78, 5) is 13.0. The molecule has 1 N–H and O–H groups in total. The molecule has 1 heterocycles. The number of benzene rings is 1. The van der Waals surface area contributed by atoms with Crippen LogP contribution >= 0.6 is 0 Å². The molecule has 1 aromatic rings. The van der Waals surface area contributed by atoms with Crippen molar-refractivity contribution in [2.24, 2.45) is 0 Å². The summed E-state index contributed by atoms with van der Waals surface area (Å²) in [5.74, 6) is -1.33. The fourth-order valence-corrected chi connectivity index (χ4v) is 1.93. The van der Waals surface area contributed by atoms with Gasteiger partial charge in [0.15, 0.2) is 0 Å². The zero-order chi connectivity index (χ0) is 13.1. The lowest BCUT2D eigenvalue weighted by molar-refractivity contribution is 0.218. The molecule has 2 rings (SSSR count). The van der Waals surface area contributed by atoms with Crippen molar-refractivity contribution in [3.63, 3.8) is 0 Å². The van der Waals surface area contributed by atoms with Crippen LogP contribution in [0.1, 0.15) is 18.0 Å². The largest absolute Gasteiger partial charge is 0.329 e. The van der Waals surface area contributed by atoms with Crippen LogP contribution < -0.4 is 5.32 Å². The van der Waals surface area contributed by atoms with E-state index in [1.165, 1.54) is 11.0 Å². The predicted octanol–water partition coefficient (Wildman–Crippen LogP) is 1.94. The van der Waals surface area contributed by atoms with Crippen molar-refractivity contribution in [2.45, 2.75) is 12.5 Å². The van der Waals surface area contributed by atoms with Crippen LogP contribution in [0.3, 0.4) is 0 Å². The maximum Gasteiger partial charge on any atom is 0.318 e. The highest BCUT2D eigenvalue weighted by atomic mass is 19.1. The average Bonchev–Trinajstić information content (AvgIpc) is 2.68. The second-order valence-corrected chi connectivity index (χ2v) is 4.02. The Hall–Kier alpha value is -2.16. The minimum Gasteiger partial charge on any atom is -0.329 e. The van der Waals surface area contributed by atoms with Gasteiger partial charge in [-0.2, -0.15) is 5.26 Å². The first-order valence-electron chi connectivity index (χ1n) is 5.49. The first-order chi connectivity index (χ1) is 8.61. The fourth-order valence-electron chi connectivity index (χ4n) is 1.93. The average molecular weight is 251 g/mol. The quantitative estimate of drug-likeness (QED) is 0.892. The Bertz CT molecular complexity index is 513. The van der Waals surface area contributed by atoms with Crippen LogP contribution in [0.4, 0.5) is 13.6 Å². The third kappa shape index (κ3) is 2.40. The predicted molar refractivity (Wildman–Crippen MR) is 59.4 cm³/mol. The fraction of sp³-hybridized carbons (Fsp3) is 0.333. The monoisotopic (exact) mass is 251 g/mol. The number of hydrogen-bond acceptors (Lipinski definition) is 2. The van der Waals surface area contributed by atoms with Crippen molar-refractivity contribution < 1.29 is 13.6 Å². The van der Waals surface area contributed by atoms with Crippen LogP contribution in [0.25, 0.3) is 0 Å². The summed E-state index contributed by atoms with van der Waals surface area (Å²) < 4.78 is 26.3. The Labute approximate surface area is 103 Å². The molecule has 1 saturated heterocycles. The van der Waals surface area contributed by atoms with E-state index in [0.29, 0.717) is 6.54 Å². The van der Waals surface area contributed by atoms with Gasteiger partial charge < -0.3 is 10.2 Å². The van der Waals surface area contributed by atoms with Crippen molar-refractivity contribution >= 4 is 6.03 Å². The summed E-state index contributed by atoms with van der Waals surface area (Å²) in [7, 11) is 0. The van der Waals surface area contributed by atoms with Crippen molar-refractivity contribution in [1.82, 2.24) is 10.2 Å². The number of rotatable bonds is 3. The van der Waals surface area contributed by atoms with E-state index in [1.54, 1.807) is 0 Å².